The van der Waals surface area contributed by atoms with E-state index in [1.165, 1.54) is 24.5 Å². The lowest BCUT2D eigenvalue weighted by atomic mass is 10.3. The van der Waals surface area contributed by atoms with E-state index in [2.05, 4.69) is 27.5 Å². The number of carbonyl (C=O) groups excluding carboxylic acids is 1. The van der Waals surface area contributed by atoms with E-state index in [0.29, 0.717) is 23.7 Å². The molecule has 2 rings (SSSR count). The van der Waals surface area contributed by atoms with E-state index in [1.54, 1.807) is 12.1 Å². The van der Waals surface area contributed by atoms with Crippen molar-refractivity contribution in [1.29, 1.82) is 0 Å². The topological polar surface area (TPSA) is 66.9 Å². The summed E-state index contributed by atoms with van der Waals surface area (Å²) in [6, 6.07) is 5.86. The molecule has 2 aromatic rings. The van der Waals surface area contributed by atoms with Crippen molar-refractivity contribution in [3.05, 3.63) is 48.0 Å². The third-order valence-electron chi connectivity index (χ3n) is 2.83. The Labute approximate surface area is 122 Å². The van der Waals surface area contributed by atoms with Crippen molar-refractivity contribution in [2.45, 2.75) is 19.8 Å². The predicted octanol–water partition coefficient (Wildman–Crippen LogP) is 2.89. The zero-order chi connectivity index (χ0) is 15.1. The van der Waals surface area contributed by atoms with Gasteiger partial charge in [-0.1, -0.05) is 13.3 Å². The van der Waals surface area contributed by atoms with Crippen molar-refractivity contribution >= 4 is 17.5 Å². The summed E-state index contributed by atoms with van der Waals surface area (Å²) in [6.45, 7) is 2.70. The molecule has 1 heterocycles. The first-order chi connectivity index (χ1) is 10.2. The van der Waals surface area contributed by atoms with Gasteiger partial charge in [0.1, 0.15) is 5.82 Å². The molecule has 0 fully saturated rings. The third-order valence-corrected chi connectivity index (χ3v) is 2.83. The van der Waals surface area contributed by atoms with Gasteiger partial charge in [0.15, 0.2) is 0 Å². The molecule has 110 valence electrons. The summed E-state index contributed by atoms with van der Waals surface area (Å²) >= 11 is 0. The summed E-state index contributed by atoms with van der Waals surface area (Å²) in [5.41, 5.74) is 1.09. The number of carbonyl (C=O) groups is 1. The number of nitrogens with zero attached hydrogens (tertiary/aromatic N) is 2. The zero-order valence-electron chi connectivity index (χ0n) is 11.8. The molecule has 0 atom stereocenters. The number of hydrogen-bond donors (Lipinski definition) is 2. The largest absolute Gasteiger partial charge is 0.352 e. The van der Waals surface area contributed by atoms with Gasteiger partial charge in [-0.3, -0.25) is 4.79 Å². The van der Waals surface area contributed by atoms with Gasteiger partial charge in [-0.15, -0.1) is 0 Å². The van der Waals surface area contributed by atoms with E-state index in [0.717, 1.165) is 12.8 Å². The second kappa shape index (κ2) is 7.33. The minimum absolute atomic E-state index is 0.184. The first kappa shape index (κ1) is 14.9. The Bertz CT molecular complexity index is 584. The molecule has 1 aromatic carbocycles. The fourth-order valence-electron chi connectivity index (χ4n) is 1.65. The standard InChI is InChI=1S/C15H17FN4O/c1-2-3-8-17-14(21)11-9-18-15(19-10-11)20-13-6-4-12(16)5-7-13/h4-7,9-10H,2-3,8H2,1H3,(H,17,21)(H,18,19,20). The van der Waals surface area contributed by atoms with E-state index >= 15 is 0 Å². The highest BCUT2D eigenvalue weighted by Gasteiger charge is 2.06. The summed E-state index contributed by atoms with van der Waals surface area (Å²) in [7, 11) is 0. The second-order valence-corrected chi connectivity index (χ2v) is 4.54. The Morgan fingerprint density at radius 2 is 1.86 bits per heavy atom. The van der Waals surface area contributed by atoms with Crippen LogP contribution in [-0.2, 0) is 0 Å². The van der Waals surface area contributed by atoms with E-state index < -0.39 is 0 Å². The fourth-order valence-corrected chi connectivity index (χ4v) is 1.65. The van der Waals surface area contributed by atoms with Crippen molar-refractivity contribution in [2.75, 3.05) is 11.9 Å². The van der Waals surface area contributed by atoms with Gasteiger partial charge in [0, 0.05) is 24.6 Å². The maximum absolute atomic E-state index is 12.8. The summed E-state index contributed by atoms with van der Waals surface area (Å²) < 4.78 is 12.8. The molecule has 6 heteroatoms. The summed E-state index contributed by atoms with van der Waals surface area (Å²) in [4.78, 5) is 19.9. The number of nitrogens with one attached hydrogen (secondary N) is 2. The molecule has 0 aliphatic carbocycles. The normalized spacial score (nSPS) is 10.2. The number of aromatic nitrogens is 2. The van der Waals surface area contributed by atoms with Crippen LogP contribution in [0.25, 0.3) is 0 Å². The van der Waals surface area contributed by atoms with Crippen LogP contribution in [0, 0.1) is 5.82 Å². The number of amides is 1. The van der Waals surface area contributed by atoms with Crippen LogP contribution in [0.3, 0.4) is 0 Å². The smallest absolute Gasteiger partial charge is 0.254 e. The second-order valence-electron chi connectivity index (χ2n) is 4.54. The number of hydrogen-bond acceptors (Lipinski definition) is 4. The van der Waals surface area contributed by atoms with Gasteiger partial charge in [-0.25, -0.2) is 14.4 Å². The molecular formula is C15H17FN4O. The maximum atomic E-state index is 12.8. The van der Waals surface area contributed by atoms with E-state index in [1.807, 2.05) is 0 Å². The number of halogens is 1. The first-order valence-electron chi connectivity index (χ1n) is 6.82. The molecule has 0 spiro atoms. The average molecular weight is 288 g/mol. The number of anilines is 2. The summed E-state index contributed by atoms with van der Waals surface area (Å²) in [5.74, 6) is -0.135. The number of rotatable bonds is 6. The van der Waals surface area contributed by atoms with Gasteiger partial charge in [0.25, 0.3) is 5.91 Å². The summed E-state index contributed by atoms with van der Waals surface area (Å²) in [6.07, 6.45) is 4.88. The highest BCUT2D eigenvalue weighted by molar-refractivity contribution is 5.93. The molecule has 0 aliphatic heterocycles. The Hall–Kier alpha value is -2.50. The molecule has 0 unspecified atom stereocenters. The monoisotopic (exact) mass is 288 g/mol. The van der Waals surface area contributed by atoms with Crippen LogP contribution in [0.2, 0.25) is 0 Å². The van der Waals surface area contributed by atoms with Crippen LogP contribution >= 0.6 is 0 Å². The highest BCUT2D eigenvalue weighted by atomic mass is 19.1. The van der Waals surface area contributed by atoms with E-state index in [-0.39, 0.29) is 11.7 Å². The molecule has 5 nitrogen and oxygen atoms in total. The summed E-state index contributed by atoms with van der Waals surface area (Å²) in [5, 5.41) is 5.72. The minimum Gasteiger partial charge on any atom is -0.352 e. The highest BCUT2D eigenvalue weighted by Crippen LogP contribution is 2.13. The molecular weight excluding hydrogens is 271 g/mol. The molecule has 2 N–H and O–H groups in total. The molecule has 0 aliphatic rings. The predicted molar refractivity (Wildman–Crippen MR) is 79.0 cm³/mol. The minimum atomic E-state index is -0.305. The fraction of sp³-hybridized carbons (Fsp3) is 0.267. The van der Waals surface area contributed by atoms with Crippen LogP contribution in [0.15, 0.2) is 36.7 Å². The van der Waals surface area contributed by atoms with Crippen LogP contribution in [0.1, 0.15) is 30.1 Å². The molecule has 1 amide bonds. The van der Waals surface area contributed by atoms with Gasteiger partial charge >= 0.3 is 0 Å². The lowest BCUT2D eigenvalue weighted by Gasteiger charge is -2.06. The van der Waals surface area contributed by atoms with Crippen molar-refractivity contribution < 1.29 is 9.18 Å². The van der Waals surface area contributed by atoms with Gasteiger partial charge < -0.3 is 10.6 Å². The Balaban J connectivity index is 1.95. The molecule has 0 bridgehead atoms. The Kier molecular flexibility index (Phi) is 5.20. The molecule has 0 radical (unpaired) electrons. The molecule has 21 heavy (non-hydrogen) atoms. The molecule has 0 saturated carbocycles. The van der Waals surface area contributed by atoms with Crippen LogP contribution in [0.5, 0.6) is 0 Å². The van der Waals surface area contributed by atoms with Crippen LogP contribution in [-0.4, -0.2) is 22.4 Å². The van der Waals surface area contributed by atoms with E-state index in [9.17, 15) is 9.18 Å². The van der Waals surface area contributed by atoms with Crippen molar-refractivity contribution in [3.63, 3.8) is 0 Å². The van der Waals surface area contributed by atoms with Gasteiger partial charge in [0.2, 0.25) is 5.95 Å². The zero-order valence-corrected chi connectivity index (χ0v) is 11.8. The van der Waals surface area contributed by atoms with Crippen molar-refractivity contribution in [1.82, 2.24) is 15.3 Å². The number of unbranched alkanes of at least 4 members (excludes halogenated alkanes) is 1. The average Bonchev–Trinajstić information content (AvgIpc) is 2.50. The lowest BCUT2D eigenvalue weighted by molar-refractivity contribution is 0.0952. The van der Waals surface area contributed by atoms with Gasteiger partial charge in [-0.2, -0.15) is 0 Å². The molecule has 1 aromatic heterocycles. The van der Waals surface area contributed by atoms with E-state index in [4.69, 9.17) is 0 Å². The van der Waals surface area contributed by atoms with Crippen molar-refractivity contribution in [2.24, 2.45) is 0 Å². The Morgan fingerprint density at radius 1 is 1.19 bits per heavy atom. The van der Waals surface area contributed by atoms with Crippen LogP contribution < -0.4 is 10.6 Å². The van der Waals surface area contributed by atoms with Gasteiger partial charge in [0.05, 0.1) is 5.56 Å². The quantitative estimate of drug-likeness (QED) is 0.802. The van der Waals surface area contributed by atoms with Crippen molar-refractivity contribution in [3.8, 4) is 0 Å². The molecule has 0 saturated heterocycles. The third kappa shape index (κ3) is 4.52. The van der Waals surface area contributed by atoms with Gasteiger partial charge in [-0.05, 0) is 30.7 Å². The number of benzene rings is 1. The Morgan fingerprint density at radius 3 is 2.48 bits per heavy atom. The lowest BCUT2D eigenvalue weighted by Crippen LogP contribution is -2.24. The maximum Gasteiger partial charge on any atom is 0.254 e. The first-order valence-corrected chi connectivity index (χ1v) is 6.82. The van der Waals surface area contributed by atoms with Crippen LogP contribution in [0.4, 0.5) is 16.0 Å². The SMILES string of the molecule is CCCCNC(=O)c1cnc(Nc2ccc(F)cc2)nc1.